The van der Waals surface area contributed by atoms with E-state index in [1.54, 1.807) is 30.3 Å². The molecular formula is C20H27F3N4O4S. The van der Waals surface area contributed by atoms with E-state index in [0.717, 1.165) is 37.6 Å². The maximum atomic E-state index is 11.6. The molecule has 0 aliphatic carbocycles. The van der Waals surface area contributed by atoms with Crippen molar-refractivity contribution < 1.29 is 32.6 Å². The zero-order valence-corrected chi connectivity index (χ0v) is 18.7. The highest BCUT2D eigenvalue weighted by Crippen LogP contribution is 2.21. The number of carboxylic acid groups (broad SMARTS) is 1. The lowest BCUT2D eigenvalue weighted by molar-refractivity contribution is -0.192. The Bertz CT molecular complexity index is 855. The summed E-state index contributed by atoms with van der Waals surface area (Å²) in [4.78, 5) is 28.9. The van der Waals surface area contributed by atoms with Gasteiger partial charge in [-0.05, 0) is 24.5 Å². The van der Waals surface area contributed by atoms with Gasteiger partial charge in [0.2, 0.25) is 5.91 Å². The summed E-state index contributed by atoms with van der Waals surface area (Å²) in [6, 6.07) is 4.31. The van der Waals surface area contributed by atoms with Crippen molar-refractivity contribution in [2.75, 3.05) is 33.9 Å². The number of nitrogens with zero attached hydrogens (tertiary/aromatic N) is 4. The summed E-state index contributed by atoms with van der Waals surface area (Å²) in [5.41, 5.74) is 1.35. The van der Waals surface area contributed by atoms with Crippen LogP contribution in [0.2, 0.25) is 0 Å². The van der Waals surface area contributed by atoms with E-state index >= 15 is 0 Å². The van der Waals surface area contributed by atoms with Gasteiger partial charge < -0.3 is 19.3 Å². The Labute approximate surface area is 188 Å². The van der Waals surface area contributed by atoms with Gasteiger partial charge in [-0.1, -0.05) is 0 Å². The number of hydrogen-bond acceptors (Lipinski definition) is 6. The van der Waals surface area contributed by atoms with Crippen LogP contribution in [0.4, 0.5) is 13.2 Å². The van der Waals surface area contributed by atoms with Crippen LogP contribution in [0.5, 0.6) is 0 Å². The standard InChI is InChI=1S/C18H26N4O2S.C2HF3O2/c1-20(2)18(23)14-24-8-5-15-10-21(13-17-19-6-9-25-17)12-16-4-3-7-22(16)11-15;3-2(4,5)1(6)7/h3-4,6-7,9,15H,5,8,10-14H2,1-2H3;(H,6,7). The van der Waals surface area contributed by atoms with Gasteiger partial charge in [-0.2, -0.15) is 13.2 Å². The Morgan fingerprint density at radius 3 is 2.66 bits per heavy atom. The van der Waals surface area contributed by atoms with Crippen LogP contribution in [-0.2, 0) is 34.0 Å². The molecule has 178 valence electrons. The number of ether oxygens (including phenoxy) is 1. The van der Waals surface area contributed by atoms with Crippen molar-refractivity contribution >= 4 is 23.2 Å². The van der Waals surface area contributed by atoms with Crippen molar-refractivity contribution in [2.24, 2.45) is 5.92 Å². The van der Waals surface area contributed by atoms with Gasteiger partial charge in [0, 0.05) is 63.8 Å². The number of hydrogen-bond donors (Lipinski definition) is 1. The van der Waals surface area contributed by atoms with Crippen molar-refractivity contribution in [3.05, 3.63) is 40.6 Å². The third-order valence-corrected chi connectivity index (χ3v) is 5.52. The van der Waals surface area contributed by atoms with Gasteiger partial charge in [0.15, 0.2) is 0 Å². The molecule has 0 saturated carbocycles. The second-order valence-corrected chi connectivity index (χ2v) is 8.52. The molecule has 0 fully saturated rings. The first kappa shape index (κ1) is 25.8. The Morgan fingerprint density at radius 2 is 2.06 bits per heavy atom. The summed E-state index contributed by atoms with van der Waals surface area (Å²) in [5, 5.41) is 10.3. The summed E-state index contributed by atoms with van der Waals surface area (Å²) < 4.78 is 39.7. The van der Waals surface area contributed by atoms with E-state index in [1.807, 2.05) is 11.6 Å². The topological polar surface area (TPSA) is 87.9 Å². The zero-order chi connectivity index (χ0) is 23.7. The SMILES string of the molecule is CN(C)C(=O)COCCC1CN(Cc2nccs2)Cc2cccn2C1.O=C(O)C(F)(F)F. The van der Waals surface area contributed by atoms with Gasteiger partial charge in [-0.25, -0.2) is 9.78 Å². The summed E-state index contributed by atoms with van der Waals surface area (Å²) in [5.74, 6) is -2.24. The van der Waals surface area contributed by atoms with Crippen molar-refractivity contribution in [3.8, 4) is 0 Å². The van der Waals surface area contributed by atoms with Crippen LogP contribution in [0.1, 0.15) is 17.1 Å². The number of alkyl halides is 3. The summed E-state index contributed by atoms with van der Waals surface area (Å²) in [7, 11) is 3.50. The quantitative estimate of drug-likeness (QED) is 0.619. The third kappa shape index (κ3) is 8.60. The normalized spacial score (nSPS) is 16.5. The van der Waals surface area contributed by atoms with Crippen LogP contribution in [0.3, 0.4) is 0 Å². The second kappa shape index (κ2) is 12.0. The predicted molar refractivity (Wildman–Crippen MR) is 112 cm³/mol. The monoisotopic (exact) mass is 476 g/mol. The van der Waals surface area contributed by atoms with Gasteiger partial charge in [0.1, 0.15) is 11.6 Å². The van der Waals surface area contributed by atoms with Crippen LogP contribution in [0.25, 0.3) is 0 Å². The smallest absolute Gasteiger partial charge is 0.475 e. The van der Waals surface area contributed by atoms with E-state index in [1.165, 1.54) is 5.69 Å². The van der Waals surface area contributed by atoms with Gasteiger partial charge in [-0.3, -0.25) is 9.69 Å². The molecule has 0 spiro atoms. The predicted octanol–water partition coefficient (Wildman–Crippen LogP) is 2.70. The van der Waals surface area contributed by atoms with E-state index in [0.29, 0.717) is 12.5 Å². The minimum Gasteiger partial charge on any atom is -0.475 e. The number of amides is 1. The molecule has 1 amide bonds. The maximum Gasteiger partial charge on any atom is 0.490 e. The Balaban J connectivity index is 0.000000451. The third-order valence-electron chi connectivity index (χ3n) is 4.76. The highest BCUT2D eigenvalue weighted by molar-refractivity contribution is 7.09. The van der Waals surface area contributed by atoms with Crippen LogP contribution < -0.4 is 0 Å². The number of rotatable bonds is 7. The van der Waals surface area contributed by atoms with Gasteiger partial charge in [0.05, 0.1) is 6.54 Å². The Morgan fingerprint density at radius 1 is 1.34 bits per heavy atom. The molecule has 0 saturated heterocycles. The van der Waals surface area contributed by atoms with Gasteiger partial charge >= 0.3 is 12.1 Å². The molecular weight excluding hydrogens is 449 g/mol. The van der Waals surface area contributed by atoms with E-state index in [2.05, 4.69) is 32.8 Å². The first-order chi connectivity index (χ1) is 15.1. The highest BCUT2D eigenvalue weighted by atomic mass is 32.1. The largest absolute Gasteiger partial charge is 0.490 e. The summed E-state index contributed by atoms with van der Waals surface area (Å²) in [6.45, 7) is 4.64. The molecule has 3 heterocycles. The first-order valence-corrected chi connectivity index (χ1v) is 10.8. The number of thiazole rings is 1. The number of halogens is 3. The molecule has 0 aromatic carbocycles. The van der Waals surface area contributed by atoms with E-state index in [4.69, 9.17) is 14.6 Å². The average Bonchev–Trinajstić information content (AvgIpc) is 3.34. The van der Waals surface area contributed by atoms with E-state index in [9.17, 15) is 18.0 Å². The number of aromatic nitrogens is 2. The van der Waals surface area contributed by atoms with E-state index in [-0.39, 0.29) is 12.5 Å². The fourth-order valence-corrected chi connectivity index (χ4v) is 3.79. The van der Waals surface area contributed by atoms with Crippen LogP contribution in [-0.4, -0.2) is 76.4 Å². The molecule has 1 atom stereocenters. The van der Waals surface area contributed by atoms with Crippen molar-refractivity contribution in [2.45, 2.75) is 32.2 Å². The van der Waals surface area contributed by atoms with E-state index < -0.39 is 12.1 Å². The van der Waals surface area contributed by atoms with Crippen LogP contribution >= 0.6 is 11.3 Å². The molecule has 2 aromatic rings. The molecule has 1 aliphatic heterocycles. The lowest BCUT2D eigenvalue weighted by Crippen LogP contribution is -2.29. The van der Waals surface area contributed by atoms with Crippen molar-refractivity contribution in [1.82, 2.24) is 19.4 Å². The molecule has 2 aromatic heterocycles. The summed E-state index contributed by atoms with van der Waals surface area (Å²) in [6.07, 6.45) is -0.105. The van der Waals surface area contributed by atoms with Gasteiger partial charge in [-0.15, -0.1) is 11.3 Å². The lowest BCUT2D eigenvalue weighted by Gasteiger charge is -2.23. The number of aliphatic carboxylic acids is 1. The molecule has 0 bridgehead atoms. The fourth-order valence-electron chi connectivity index (χ4n) is 3.13. The number of carbonyl (C=O) groups is 2. The summed E-state index contributed by atoms with van der Waals surface area (Å²) >= 11 is 1.71. The molecule has 12 heteroatoms. The average molecular weight is 477 g/mol. The molecule has 1 unspecified atom stereocenters. The number of carboxylic acids is 1. The Kier molecular flexibility index (Phi) is 9.66. The molecule has 8 nitrogen and oxygen atoms in total. The molecule has 1 aliphatic rings. The minimum absolute atomic E-state index is 0.0129. The number of likely N-dealkylation sites (N-methyl/N-ethyl adjacent to an activating group) is 1. The maximum absolute atomic E-state index is 11.6. The Hall–Kier alpha value is -2.44. The van der Waals surface area contributed by atoms with Crippen molar-refractivity contribution in [1.29, 1.82) is 0 Å². The molecule has 32 heavy (non-hydrogen) atoms. The molecule has 0 radical (unpaired) electrons. The number of fused-ring (bicyclic) bond motifs is 1. The van der Waals surface area contributed by atoms with Gasteiger partial charge in [0.25, 0.3) is 0 Å². The van der Waals surface area contributed by atoms with Crippen molar-refractivity contribution in [3.63, 3.8) is 0 Å². The highest BCUT2D eigenvalue weighted by Gasteiger charge is 2.38. The number of carbonyl (C=O) groups excluding carboxylic acids is 1. The lowest BCUT2D eigenvalue weighted by atomic mass is 10.1. The molecule has 3 rings (SSSR count). The van der Waals surface area contributed by atoms with Crippen LogP contribution in [0.15, 0.2) is 29.9 Å². The second-order valence-electron chi connectivity index (χ2n) is 7.55. The van der Waals surface area contributed by atoms with Crippen LogP contribution in [0, 0.1) is 5.92 Å². The molecule has 1 N–H and O–H groups in total. The minimum atomic E-state index is -5.08. The zero-order valence-electron chi connectivity index (χ0n) is 17.9. The fraction of sp³-hybridized carbons (Fsp3) is 0.550. The first-order valence-electron chi connectivity index (χ1n) is 9.89.